The van der Waals surface area contributed by atoms with Gasteiger partial charge in [0.25, 0.3) is 17.7 Å². The van der Waals surface area contributed by atoms with E-state index in [2.05, 4.69) is 89.5 Å². The number of urea groups is 1. The molecule has 7 aliphatic heterocycles. The van der Waals surface area contributed by atoms with E-state index in [0.717, 1.165) is 249 Å². The SMILES string of the molecule is CCc1cc(NC(=O)NCC2CCCN(CCCc3ccc(F)cc3)C2)cc(-c2nnnn2C)c1.CO[C@@H]1CN(C2CCN(C(=O)c3ccc4cnccc4n3)CC2)CC[C@@H]1Cc1ccc(Cl)c(Cl)c1.CO[C@@H]1CN(C2CCN(C(=O)c3cccc4cccnc34)CC2)CC[C@@H]1Cc1ccc(Cl)c(Cl)c1.CS(=O)(=O)NC[C@@H]1CN(C2CCN(C(=O)c3ccc4ncccc4c3)CC2)CC[C@@H]1Cc1ccc(Cl)c(Cl)c1.[HH].[HH].[HH]. The highest BCUT2D eigenvalue weighted by atomic mass is 35.5. The number of ether oxygens (including phenoxy) is 2. The van der Waals surface area contributed by atoms with Crippen LogP contribution in [0.3, 0.4) is 0 Å². The number of sulfonamides is 1. The number of anilines is 1. The predicted octanol–water partition coefficient (Wildman–Crippen LogP) is 20.5. The molecule has 1 unspecified atom stereocenters. The number of para-hydroxylation sites is 1. The summed E-state index contributed by atoms with van der Waals surface area (Å²) in [5.74, 6) is 2.47. The van der Waals surface area contributed by atoms with Crippen molar-refractivity contribution in [1.29, 1.82) is 0 Å². The minimum Gasteiger partial charge on any atom is -0.380 e. The van der Waals surface area contributed by atoms with Gasteiger partial charge < -0.3 is 39.7 Å². The normalized spacial score (nSPS) is 20.4. The first kappa shape index (κ1) is 107. The summed E-state index contributed by atoms with van der Waals surface area (Å²) in [4.78, 5) is 85.7. The van der Waals surface area contributed by atoms with Crippen LogP contribution in [0, 0.1) is 35.4 Å². The van der Waals surface area contributed by atoms with Gasteiger partial charge in [0.15, 0.2) is 5.82 Å². The molecule has 0 radical (unpaired) electrons. The third-order valence-electron chi connectivity index (χ3n) is 29.8. The van der Waals surface area contributed by atoms with Crippen molar-refractivity contribution < 1.29 is 45.7 Å². The lowest BCUT2D eigenvalue weighted by Crippen LogP contribution is -2.53. The van der Waals surface area contributed by atoms with Gasteiger partial charge in [0, 0.05) is 180 Å². The second kappa shape index (κ2) is 51.1. The lowest BCUT2D eigenvalue weighted by Gasteiger charge is -2.45. The zero-order valence-corrected chi connectivity index (χ0v) is 87.7. The van der Waals surface area contributed by atoms with Gasteiger partial charge in [-0.3, -0.25) is 44.0 Å². The largest absolute Gasteiger partial charge is 0.380 e. The molecule has 7 fully saturated rings. The van der Waals surface area contributed by atoms with Crippen LogP contribution in [0.25, 0.3) is 44.1 Å². The maximum Gasteiger partial charge on any atom is 0.319 e. The lowest BCUT2D eigenvalue weighted by atomic mass is 9.80. The van der Waals surface area contributed by atoms with E-state index in [1.807, 2.05) is 175 Å². The molecule has 7 atom stereocenters. The minimum atomic E-state index is -3.29. The van der Waals surface area contributed by atoms with Crippen molar-refractivity contribution in [2.75, 3.05) is 137 Å². The van der Waals surface area contributed by atoms with Gasteiger partial charge in [-0.2, -0.15) is 0 Å². The van der Waals surface area contributed by atoms with E-state index in [4.69, 9.17) is 79.1 Å². The van der Waals surface area contributed by atoms with Gasteiger partial charge in [-0.25, -0.2) is 32.0 Å². The molecule has 0 aliphatic carbocycles. The lowest BCUT2D eigenvalue weighted by molar-refractivity contribution is -0.0326. The van der Waals surface area contributed by atoms with Gasteiger partial charge in [0.1, 0.15) is 11.5 Å². The molecule has 3 N–H and O–H groups in total. The minimum absolute atomic E-state index is 0. The number of hydrogen-bond donors (Lipinski definition) is 3. The van der Waals surface area contributed by atoms with E-state index in [1.165, 1.54) is 35.1 Å². The van der Waals surface area contributed by atoms with Gasteiger partial charge in [-0.15, -0.1) is 5.10 Å². The molecule has 34 heteroatoms. The zero-order chi connectivity index (χ0) is 101. The number of carbonyl (C=O) groups excluding carboxylic acids is 4. The van der Waals surface area contributed by atoms with Crippen molar-refractivity contribution in [3.63, 3.8) is 0 Å². The fourth-order valence-electron chi connectivity index (χ4n) is 21.8. The Morgan fingerprint density at radius 2 is 1.06 bits per heavy atom. The summed E-state index contributed by atoms with van der Waals surface area (Å²) in [6, 6.07) is 56.2. The molecule has 7 aromatic carbocycles. The predicted molar refractivity (Wildman–Crippen MR) is 578 cm³/mol. The van der Waals surface area contributed by atoms with Crippen LogP contribution in [0.15, 0.2) is 201 Å². The number of tetrazole rings is 1. The summed E-state index contributed by atoms with van der Waals surface area (Å²) < 4.78 is 53.1. The van der Waals surface area contributed by atoms with Gasteiger partial charge in [0.2, 0.25) is 10.0 Å². The number of piperidine rings is 7. The Labute approximate surface area is 878 Å². The molecule has 7 aliphatic rings. The molecule has 144 heavy (non-hydrogen) atoms. The van der Waals surface area contributed by atoms with E-state index >= 15 is 0 Å². The van der Waals surface area contributed by atoms with Crippen LogP contribution in [0.1, 0.15) is 147 Å². The molecule has 5 amide bonds. The van der Waals surface area contributed by atoms with Gasteiger partial charge in [0.05, 0.1) is 70.7 Å². The third-order valence-corrected chi connectivity index (χ3v) is 32.7. The number of hydrogen-bond acceptors (Lipinski definition) is 19. The number of benzene rings is 7. The van der Waals surface area contributed by atoms with Gasteiger partial charge >= 0.3 is 6.03 Å². The molecular formula is C110H135Cl6FN18O8S. The van der Waals surface area contributed by atoms with E-state index in [1.54, 1.807) is 42.6 Å². The first-order valence-corrected chi connectivity index (χ1v) is 54.6. The maximum absolute atomic E-state index is 13.3. The smallest absolute Gasteiger partial charge is 0.319 e. The molecule has 26 nitrogen and oxygen atoms in total. The molecule has 0 spiro atoms. The Morgan fingerprint density at radius 3 is 1.65 bits per heavy atom. The molecule has 19 rings (SSSR count). The summed E-state index contributed by atoms with van der Waals surface area (Å²) in [5, 5.41) is 24.1. The van der Waals surface area contributed by atoms with Crippen LogP contribution in [-0.2, 0) is 58.6 Å². The first-order chi connectivity index (χ1) is 69.7. The van der Waals surface area contributed by atoms with Crippen LogP contribution in [0.5, 0.6) is 0 Å². The molecule has 12 aromatic rings. The van der Waals surface area contributed by atoms with Crippen molar-refractivity contribution in [3.8, 4) is 11.4 Å². The summed E-state index contributed by atoms with van der Waals surface area (Å²) >= 11 is 37.0. The summed E-state index contributed by atoms with van der Waals surface area (Å²) in [7, 11) is 2.13. The van der Waals surface area contributed by atoms with Crippen molar-refractivity contribution in [2.45, 2.75) is 146 Å². The Balaban J connectivity index is 0.000000163. The first-order valence-electron chi connectivity index (χ1n) is 50.4. The molecule has 12 heterocycles. The maximum atomic E-state index is 13.3. The number of fused-ring (bicyclic) bond motifs is 3. The molecule has 5 aromatic heterocycles. The van der Waals surface area contributed by atoms with Crippen molar-refractivity contribution in [1.82, 2.24) is 84.5 Å². The topological polar surface area (TPSA) is 275 Å². The Bertz CT molecular complexity index is 6510. The van der Waals surface area contributed by atoms with Crippen LogP contribution in [-0.4, -0.2) is 269 Å². The van der Waals surface area contributed by atoms with E-state index < -0.39 is 10.0 Å². The number of methoxy groups -OCH3 is 2. The highest BCUT2D eigenvalue weighted by Gasteiger charge is 2.40. The zero-order valence-electron chi connectivity index (χ0n) is 82.4. The van der Waals surface area contributed by atoms with E-state index in [0.29, 0.717) is 121 Å². The standard InChI is InChI=1S/C29H34Cl2N4O3S.C28H31Cl2N3O2.C27H30Cl2N4O2.C26H34FN7O.3H2/c1-39(37,38)33-18-24-19-35(12-8-21(24)15-20-4-6-26(30)27(31)16-20)25-9-13-34(14-10-25)29(36)23-5-7-28-22(17-23)3-2-11-32-28;1-35-26-18-33(13-9-21(26)16-19-7-8-24(29)25(30)17-19)22-10-14-32(15-11-22)28(34)23-6-2-4-20-5-3-12-31-27(20)23;1-35-26-17-33(11-7-19(26)14-18-2-4-22(28)23(29)15-18)21-8-12-32(13-9-21)27(34)25-5-3-20-16-30-10-6-24(20)31-25;1-3-19-14-22(25-30-31-32-33(25)2)16-24(15-19)29-26(35)28-17-21-7-5-13-34(18-21)12-4-6-20-8-10-23(27)11-9-20;;;/h2-7,11,16-17,21,24-25,33H,8-10,12-15,18-19H2,1H3;2-8,12,17,21-22,26H,9-11,13-16,18H2,1H3;2-6,10,15-16,19,21,26H,7-9,11-14,17H2,1H3;8-11,14-16,21H,3-7,12-13,17-18H2,1-2H3,(H2,28,29,35);3*1H/t21-,24-;21-,26-;19-,26-;;;;/m111..../s1. The van der Waals surface area contributed by atoms with Crippen molar-refractivity contribution >= 4 is 142 Å². The van der Waals surface area contributed by atoms with Gasteiger partial charge in [-0.1, -0.05) is 131 Å². The fraction of sp³-hybridized carbons (Fsp3) is 0.445. The Morgan fingerprint density at radius 1 is 0.500 bits per heavy atom. The van der Waals surface area contributed by atoms with Crippen molar-refractivity contribution in [3.05, 3.63) is 281 Å². The van der Waals surface area contributed by atoms with Crippen LogP contribution >= 0.6 is 69.6 Å². The second-order valence-corrected chi connectivity index (χ2v) is 43.6. The van der Waals surface area contributed by atoms with E-state index in [9.17, 15) is 32.0 Å². The highest BCUT2D eigenvalue weighted by Crippen LogP contribution is 2.38. The number of pyridine rings is 4. The number of aromatic nitrogens is 8. The van der Waals surface area contributed by atoms with Gasteiger partial charge in [-0.05, 0) is 331 Å². The number of likely N-dealkylation sites (tertiary alicyclic amines) is 7. The fourth-order valence-corrected chi connectivity index (χ4v) is 23.3. The Hall–Kier alpha value is -9.99. The summed E-state index contributed by atoms with van der Waals surface area (Å²) in [5.41, 5.74) is 11.8. The molecule has 7 saturated heterocycles. The molecule has 0 bridgehead atoms. The summed E-state index contributed by atoms with van der Waals surface area (Å²) in [6.07, 6.45) is 25.2. The highest BCUT2D eigenvalue weighted by molar-refractivity contribution is 7.88. The van der Waals surface area contributed by atoms with Crippen LogP contribution < -0.4 is 15.4 Å². The number of amides is 5. The number of nitrogens with one attached hydrogen (secondary N) is 3. The number of rotatable bonds is 26. The second-order valence-electron chi connectivity index (χ2n) is 39.3. The number of halogens is 7. The Kier molecular flexibility index (Phi) is 37.9. The van der Waals surface area contributed by atoms with Crippen molar-refractivity contribution in [2.24, 2.45) is 36.6 Å². The molecular weight excluding hydrogens is 1970 g/mol. The molecule has 0 saturated carbocycles. The molecule has 768 valence electrons. The average molecular weight is 2100 g/mol. The quantitative estimate of drug-likeness (QED) is 0.0454. The third kappa shape index (κ3) is 28.9. The average Bonchev–Trinajstić information content (AvgIpc) is 1.26. The van der Waals surface area contributed by atoms with Crippen LogP contribution in [0.2, 0.25) is 30.1 Å². The number of aryl methyl sites for hydroxylation is 3. The van der Waals surface area contributed by atoms with Crippen LogP contribution in [0.4, 0.5) is 14.9 Å². The summed E-state index contributed by atoms with van der Waals surface area (Å²) in [6.45, 7) is 16.4. The number of nitrogens with zero attached hydrogens (tertiary/aromatic N) is 15. The van der Waals surface area contributed by atoms with E-state index in [-0.39, 0.29) is 52.0 Å². The monoisotopic (exact) mass is 2100 g/mol. The number of carbonyl (C=O) groups is 4.